The summed E-state index contributed by atoms with van der Waals surface area (Å²) in [5.74, 6) is 0.661. The lowest BCUT2D eigenvalue weighted by Crippen LogP contribution is -2.46. The van der Waals surface area contributed by atoms with Gasteiger partial charge in [-0.25, -0.2) is 0 Å². The molecule has 3 aliphatic rings. The SMILES string of the molecule is Cl.O=C(C1CCNCC1)N1CCC(OC2CCCC2)CC1. The first kappa shape index (κ1) is 17.0. The van der Waals surface area contributed by atoms with Gasteiger partial charge in [-0.3, -0.25) is 4.79 Å². The molecule has 0 spiro atoms. The van der Waals surface area contributed by atoms with Crippen molar-refractivity contribution >= 4 is 18.3 Å². The molecule has 0 aromatic carbocycles. The summed E-state index contributed by atoms with van der Waals surface area (Å²) >= 11 is 0. The second-order valence-electron chi connectivity index (χ2n) is 6.59. The second kappa shape index (κ2) is 8.35. The van der Waals surface area contributed by atoms with Crippen LogP contribution in [0.1, 0.15) is 51.4 Å². The minimum absolute atomic E-state index is 0. The summed E-state index contributed by atoms with van der Waals surface area (Å²) in [6.45, 7) is 3.80. The Morgan fingerprint density at radius 1 is 0.905 bits per heavy atom. The fourth-order valence-corrected chi connectivity index (χ4v) is 3.84. The van der Waals surface area contributed by atoms with Crippen LogP contribution in [0.5, 0.6) is 0 Å². The molecular formula is C16H29ClN2O2. The number of ether oxygens (including phenoxy) is 1. The summed E-state index contributed by atoms with van der Waals surface area (Å²) in [5.41, 5.74) is 0. The lowest BCUT2D eigenvalue weighted by Gasteiger charge is -2.36. The lowest BCUT2D eigenvalue weighted by molar-refractivity contribution is -0.139. The molecule has 5 heteroatoms. The van der Waals surface area contributed by atoms with Gasteiger partial charge >= 0.3 is 0 Å². The molecule has 0 bridgehead atoms. The van der Waals surface area contributed by atoms with Crippen molar-refractivity contribution in [1.29, 1.82) is 0 Å². The zero-order chi connectivity index (χ0) is 13.8. The Labute approximate surface area is 134 Å². The first-order valence-electron chi connectivity index (χ1n) is 8.48. The zero-order valence-corrected chi connectivity index (χ0v) is 13.7. The average Bonchev–Trinajstić information content (AvgIpc) is 3.01. The van der Waals surface area contributed by atoms with Crippen molar-refractivity contribution in [3.63, 3.8) is 0 Å². The van der Waals surface area contributed by atoms with Crippen molar-refractivity contribution in [3.8, 4) is 0 Å². The van der Waals surface area contributed by atoms with E-state index in [-0.39, 0.29) is 18.3 Å². The van der Waals surface area contributed by atoms with Crippen LogP contribution in [-0.4, -0.2) is 49.2 Å². The molecule has 1 aliphatic carbocycles. The molecule has 0 aromatic rings. The van der Waals surface area contributed by atoms with E-state index in [2.05, 4.69) is 10.2 Å². The first-order chi connectivity index (χ1) is 9.83. The molecule has 1 amide bonds. The molecule has 0 atom stereocenters. The fraction of sp³-hybridized carbons (Fsp3) is 0.938. The van der Waals surface area contributed by atoms with Crippen molar-refractivity contribution in [3.05, 3.63) is 0 Å². The molecule has 1 saturated carbocycles. The molecule has 3 rings (SSSR count). The molecule has 21 heavy (non-hydrogen) atoms. The van der Waals surface area contributed by atoms with Gasteiger partial charge in [-0.05, 0) is 51.6 Å². The monoisotopic (exact) mass is 316 g/mol. The Balaban J connectivity index is 0.00000161. The third-order valence-electron chi connectivity index (χ3n) is 5.13. The standard InChI is InChI=1S/C16H28N2O2.ClH/c19-16(13-5-9-17-10-6-13)18-11-7-15(8-12-18)20-14-3-1-2-4-14;/h13-15,17H,1-12H2;1H. The number of piperidine rings is 2. The zero-order valence-electron chi connectivity index (χ0n) is 12.9. The lowest BCUT2D eigenvalue weighted by atomic mass is 9.95. The largest absolute Gasteiger partial charge is 0.375 e. The maximum Gasteiger partial charge on any atom is 0.225 e. The third-order valence-corrected chi connectivity index (χ3v) is 5.13. The quantitative estimate of drug-likeness (QED) is 0.869. The number of nitrogens with one attached hydrogen (secondary N) is 1. The minimum atomic E-state index is 0. The molecule has 0 aromatic heterocycles. The van der Waals surface area contributed by atoms with Gasteiger partial charge in [0.15, 0.2) is 0 Å². The molecule has 0 radical (unpaired) electrons. The van der Waals surface area contributed by atoms with Gasteiger partial charge in [-0.2, -0.15) is 0 Å². The highest BCUT2D eigenvalue weighted by Gasteiger charge is 2.30. The highest BCUT2D eigenvalue weighted by atomic mass is 35.5. The van der Waals surface area contributed by atoms with E-state index in [1.807, 2.05) is 0 Å². The highest BCUT2D eigenvalue weighted by Crippen LogP contribution is 2.26. The Morgan fingerprint density at radius 2 is 1.48 bits per heavy atom. The van der Waals surface area contributed by atoms with E-state index in [0.717, 1.165) is 51.9 Å². The van der Waals surface area contributed by atoms with Crippen LogP contribution < -0.4 is 5.32 Å². The van der Waals surface area contributed by atoms with Crippen LogP contribution in [0.4, 0.5) is 0 Å². The van der Waals surface area contributed by atoms with Crippen LogP contribution in [0.3, 0.4) is 0 Å². The van der Waals surface area contributed by atoms with E-state index in [1.54, 1.807) is 0 Å². The van der Waals surface area contributed by atoms with Crippen molar-refractivity contribution in [2.24, 2.45) is 5.92 Å². The Hall–Kier alpha value is -0.320. The molecule has 0 unspecified atom stereocenters. The van der Waals surface area contributed by atoms with E-state index < -0.39 is 0 Å². The van der Waals surface area contributed by atoms with Crippen LogP contribution in [-0.2, 0) is 9.53 Å². The summed E-state index contributed by atoms with van der Waals surface area (Å²) in [5, 5.41) is 3.33. The number of halogens is 1. The van der Waals surface area contributed by atoms with Crippen molar-refractivity contribution in [2.45, 2.75) is 63.6 Å². The molecule has 122 valence electrons. The van der Waals surface area contributed by atoms with Crippen molar-refractivity contribution < 1.29 is 9.53 Å². The molecule has 2 saturated heterocycles. The predicted molar refractivity (Wildman–Crippen MR) is 85.8 cm³/mol. The summed E-state index contributed by atoms with van der Waals surface area (Å²) in [4.78, 5) is 14.5. The van der Waals surface area contributed by atoms with Crippen LogP contribution in [0.25, 0.3) is 0 Å². The number of likely N-dealkylation sites (tertiary alicyclic amines) is 1. The first-order valence-corrected chi connectivity index (χ1v) is 8.48. The van der Waals surface area contributed by atoms with Crippen molar-refractivity contribution in [2.75, 3.05) is 26.2 Å². The van der Waals surface area contributed by atoms with Gasteiger partial charge in [0.2, 0.25) is 5.91 Å². The molecule has 1 N–H and O–H groups in total. The van der Waals surface area contributed by atoms with Gasteiger partial charge in [0.05, 0.1) is 12.2 Å². The number of rotatable bonds is 3. The average molecular weight is 317 g/mol. The summed E-state index contributed by atoms with van der Waals surface area (Å²) in [6.07, 6.45) is 10.1. The predicted octanol–water partition coefficient (Wildman–Crippen LogP) is 2.36. The molecule has 4 nitrogen and oxygen atoms in total. The molecule has 2 heterocycles. The normalized spacial score (nSPS) is 25.8. The van der Waals surface area contributed by atoms with Gasteiger partial charge in [0.25, 0.3) is 0 Å². The Bertz CT molecular complexity index is 320. The van der Waals surface area contributed by atoms with E-state index >= 15 is 0 Å². The maximum atomic E-state index is 12.5. The Morgan fingerprint density at radius 3 is 2.10 bits per heavy atom. The second-order valence-corrected chi connectivity index (χ2v) is 6.59. The van der Waals surface area contributed by atoms with E-state index in [1.165, 1.54) is 25.7 Å². The summed E-state index contributed by atoms with van der Waals surface area (Å²) < 4.78 is 6.18. The fourth-order valence-electron chi connectivity index (χ4n) is 3.84. The molecule has 3 fully saturated rings. The smallest absolute Gasteiger partial charge is 0.225 e. The summed E-state index contributed by atoms with van der Waals surface area (Å²) in [7, 11) is 0. The number of hydrogen-bond donors (Lipinski definition) is 1. The number of amides is 1. The van der Waals surface area contributed by atoms with Gasteiger partial charge in [-0.1, -0.05) is 12.8 Å². The third kappa shape index (κ3) is 4.57. The Kier molecular flexibility index (Phi) is 6.77. The van der Waals surface area contributed by atoms with Gasteiger partial charge < -0.3 is 15.0 Å². The summed E-state index contributed by atoms with van der Waals surface area (Å²) in [6, 6.07) is 0. The van der Waals surface area contributed by atoms with Crippen LogP contribution in [0.15, 0.2) is 0 Å². The minimum Gasteiger partial charge on any atom is -0.375 e. The van der Waals surface area contributed by atoms with E-state index in [0.29, 0.717) is 18.1 Å². The van der Waals surface area contributed by atoms with Gasteiger partial charge in [0.1, 0.15) is 0 Å². The number of nitrogens with zero attached hydrogens (tertiary/aromatic N) is 1. The van der Waals surface area contributed by atoms with Crippen LogP contribution >= 0.6 is 12.4 Å². The van der Waals surface area contributed by atoms with Crippen LogP contribution in [0.2, 0.25) is 0 Å². The van der Waals surface area contributed by atoms with E-state index in [9.17, 15) is 4.79 Å². The molecule has 2 aliphatic heterocycles. The van der Waals surface area contributed by atoms with Crippen molar-refractivity contribution in [1.82, 2.24) is 10.2 Å². The maximum absolute atomic E-state index is 12.5. The number of carbonyl (C=O) groups is 1. The van der Waals surface area contributed by atoms with Crippen LogP contribution in [0, 0.1) is 5.92 Å². The molecular weight excluding hydrogens is 288 g/mol. The number of carbonyl (C=O) groups excluding carboxylic acids is 1. The highest BCUT2D eigenvalue weighted by molar-refractivity contribution is 5.85. The number of hydrogen-bond acceptors (Lipinski definition) is 3. The van der Waals surface area contributed by atoms with E-state index in [4.69, 9.17) is 4.74 Å². The topological polar surface area (TPSA) is 41.6 Å². The van der Waals surface area contributed by atoms with Gasteiger partial charge in [-0.15, -0.1) is 12.4 Å². The van der Waals surface area contributed by atoms with Gasteiger partial charge in [0, 0.05) is 19.0 Å².